The average molecular weight is 304 g/mol. The van der Waals surface area contributed by atoms with Crippen molar-refractivity contribution in [1.82, 2.24) is 10.2 Å². The number of aliphatic hydroxyl groups is 1. The van der Waals surface area contributed by atoms with Crippen molar-refractivity contribution in [3.63, 3.8) is 0 Å². The predicted molar refractivity (Wildman–Crippen MR) is 88.9 cm³/mol. The van der Waals surface area contributed by atoms with Crippen LogP contribution in [0.2, 0.25) is 0 Å². The van der Waals surface area contributed by atoms with Crippen molar-refractivity contribution in [2.75, 3.05) is 26.2 Å². The van der Waals surface area contributed by atoms with E-state index in [-0.39, 0.29) is 18.1 Å². The fourth-order valence-corrected chi connectivity index (χ4v) is 2.90. The number of hydrogen-bond acceptors (Lipinski definition) is 2. The lowest BCUT2D eigenvalue weighted by molar-refractivity contribution is 0.147. The molecule has 0 bridgehead atoms. The van der Waals surface area contributed by atoms with E-state index in [4.69, 9.17) is 0 Å². The molecule has 0 aliphatic carbocycles. The van der Waals surface area contributed by atoms with Crippen LogP contribution in [-0.2, 0) is 0 Å². The van der Waals surface area contributed by atoms with Gasteiger partial charge in [0, 0.05) is 32.2 Å². The zero-order chi connectivity index (χ0) is 16.0. The van der Waals surface area contributed by atoms with Gasteiger partial charge in [0.2, 0.25) is 0 Å². The van der Waals surface area contributed by atoms with Gasteiger partial charge in [0.15, 0.2) is 0 Å². The Morgan fingerprint density at radius 3 is 2.77 bits per heavy atom. The van der Waals surface area contributed by atoms with Gasteiger partial charge in [0.1, 0.15) is 0 Å². The summed E-state index contributed by atoms with van der Waals surface area (Å²) in [5, 5.41) is 12.2. The van der Waals surface area contributed by atoms with Crippen LogP contribution < -0.4 is 5.32 Å². The first-order valence-corrected chi connectivity index (χ1v) is 8.20. The largest absolute Gasteiger partial charge is 0.396 e. The van der Waals surface area contributed by atoms with Crippen molar-refractivity contribution in [2.45, 2.75) is 39.0 Å². The molecule has 1 aliphatic heterocycles. The minimum absolute atomic E-state index is 0.0419. The first kappa shape index (κ1) is 16.8. The normalized spacial score (nSPS) is 18.5. The Hall–Kier alpha value is -1.55. The fraction of sp³-hybridized carbons (Fsp3) is 0.611. The smallest absolute Gasteiger partial charge is 0.317 e. The van der Waals surface area contributed by atoms with Gasteiger partial charge in [-0.25, -0.2) is 4.79 Å². The zero-order valence-corrected chi connectivity index (χ0v) is 13.7. The third-order valence-electron chi connectivity index (χ3n) is 4.48. The molecule has 0 spiro atoms. The summed E-state index contributed by atoms with van der Waals surface area (Å²) in [7, 11) is 0. The summed E-state index contributed by atoms with van der Waals surface area (Å²) in [6, 6.07) is 10.5. The monoisotopic (exact) mass is 304 g/mol. The van der Waals surface area contributed by atoms with Crippen LogP contribution in [0, 0.1) is 5.41 Å². The molecule has 1 aromatic rings. The SMILES string of the molecule is CC(C)(CO)CCCNC(=O)N1CCC(c2ccccc2)C1. The first-order chi connectivity index (χ1) is 10.5. The van der Waals surface area contributed by atoms with Crippen LogP contribution in [0.5, 0.6) is 0 Å². The van der Waals surface area contributed by atoms with Crippen molar-refractivity contribution in [1.29, 1.82) is 0 Å². The Balaban J connectivity index is 1.71. The van der Waals surface area contributed by atoms with Gasteiger partial charge >= 0.3 is 6.03 Å². The van der Waals surface area contributed by atoms with Gasteiger partial charge < -0.3 is 15.3 Å². The minimum atomic E-state index is -0.0588. The van der Waals surface area contributed by atoms with E-state index in [1.807, 2.05) is 24.8 Å². The number of aliphatic hydroxyl groups excluding tert-OH is 1. The van der Waals surface area contributed by atoms with E-state index < -0.39 is 0 Å². The zero-order valence-electron chi connectivity index (χ0n) is 13.7. The summed E-state index contributed by atoms with van der Waals surface area (Å²) in [5.41, 5.74) is 1.26. The molecule has 1 unspecified atom stereocenters. The van der Waals surface area contributed by atoms with E-state index in [2.05, 4.69) is 29.6 Å². The van der Waals surface area contributed by atoms with Crippen LogP contribution in [-0.4, -0.2) is 42.3 Å². The fourth-order valence-electron chi connectivity index (χ4n) is 2.90. The summed E-state index contributed by atoms with van der Waals surface area (Å²) >= 11 is 0. The standard InChI is InChI=1S/C18H28N2O2/c1-18(2,14-21)10-6-11-19-17(22)20-12-9-16(13-20)15-7-4-3-5-8-15/h3-5,7-8,16,21H,6,9-14H2,1-2H3,(H,19,22). The summed E-state index contributed by atoms with van der Waals surface area (Å²) < 4.78 is 0. The lowest BCUT2D eigenvalue weighted by atomic mass is 9.89. The van der Waals surface area contributed by atoms with Crippen LogP contribution in [0.4, 0.5) is 4.79 Å². The number of rotatable bonds is 6. The highest BCUT2D eigenvalue weighted by Gasteiger charge is 2.27. The molecule has 1 fully saturated rings. The van der Waals surface area contributed by atoms with E-state index in [0.717, 1.165) is 32.4 Å². The van der Waals surface area contributed by atoms with Crippen LogP contribution >= 0.6 is 0 Å². The van der Waals surface area contributed by atoms with Crippen LogP contribution in [0.15, 0.2) is 30.3 Å². The third-order valence-corrected chi connectivity index (χ3v) is 4.48. The van der Waals surface area contributed by atoms with Crippen LogP contribution in [0.1, 0.15) is 44.6 Å². The predicted octanol–water partition coefficient (Wildman–Crippen LogP) is 2.98. The molecular formula is C18H28N2O2. The maximum Gasteiger partial charge on any atom is 0.317 e. The molecule has 2 N–H and O–H groups in total. The Morgan fingerprint density at radius 1 is 1.36 bits per heavy atom. The van der Waals surface area contributed by atoms with Crippen LogP contribution in [0.3, 0.4) is 0 Å². The van der Waals surface area contributed by atoms with E-state index in [1.54, 1.807) is 0 Å². The van der Waals surface area contributed by atoms with Gasteiger partial charge in [0.05, 0.1) is 0 Å². The number of hydrogen-bond donors (Lipinski definition) is 2. The molecule has 1 saturated heterocycles. The molecule has 22 heavy (non-hydrogen) atoms. The number of carbonyl (C=O) groups is 1. The van der Waals surface area contributed by atoms with Gasteiger partial charge in [-0.2, -0.15) is 0 Å². The molecule has 1 heterocycles. The maximum absolute atomic E-state index is 12.2. The Kier molecular flexibility index (Phi) is 5.83. The number of urea groups is 1. The number of carbonyl (C=O) groups excluding carboxylic acids is 1. The second kappa shape index (κ2) is 7.63. The quantitative estimate of drug-likeness (QED) is 0.794. The number of benzene rings is 1. The molecule has 2 amide bonds. The highest BCUT2D eigenvalue weighted by atomic mass is 16.3. The second-order valence-electron chi connectivity index (χ2n) is 7.00. The lowest BCUT2D eigenvalue weighted by Gasteiger charge is -2.22. The molecule has 122 valence electrons. The van der Waals surface area contributed by atoms with E-state index in [9.17, 15) is 9.90 Å². The lowest BCUT2D eigenvalue weighted by Crippen LogP contribution is -2.39. The Labute approximate surface area is 133 Å². The molecule has 2 rings (SSSR count). The Bertz CT molecular complexity index is 473. The molecule has 0 radical (unpaired) electrons. The average Bonchev–Trinajstić information content (AvgIpc) is 3.02. The number of nitrogens with one attached hydrogen (secondary N) is 1. The highest BCUT2D eigenvalue weighted by molar-refractivity contribution is 5.74. The van der Waals surface area contributed by atoms with Gasteiger partial charge in [-0.1, -0.05) is 44.2 Å². The van der Waals surface area contributed by atoms with E-state index >= 15 is 0 Å². The van der Waals surface area contributed by atoms with E-state index in [0.29, 0.717) is 12.5 Å². The molecule has 0 saturated carbocycles. The molecule has 0 aromatic heterocycles. The molecular weight excluding hydrogens is 276 g/mol. The van der Waals surface area contributed by atoms with Gasteiger partial charge in [0.25, 0.3) is 0 Å². The van der Waals surface area contributed by atoms with Crippen molar-refractivity contribution in [2.24, 2.45) is 5.41 Å². The minimum Gasteiger partial charge on any atom is -0.396 e. The summed E-state index contributed by atoms with van der Waals surface area (Å²) in [4.78, 5) is 14.1. The first-order valence-electron chi connectivity index (χ1n) is 8.20. The molecule has 1 atom stereocenters. The molecule has 4 heteroatoms. The second-order valence-corrected chi connectivity index (χ2v) is 7.00. The number of nitrogens with zero attached hydrogens (tertiary/aromatic N) is 1. The topological polar surface area (TPSA) is 52.6 Å². The van der Waals surface area contributed by atoms with Crippen molar-refractivity contribution in [3.8, 4) is 0 Å². The number of likely N-dealkylation sites (tertiary alicyclic amines) is 1. The third kappa shape index (κ3) is 4.73. The van der Waals surface area contributed by atoms with Gasteiger partial charge in [-0.15, -0.1) is 0 Å². The summed E-state index contributed by atoms with van der Waals surface area (Å²) in [6.07, 6.45) is 2.85. The van der Waals surface area contributed by atoms with Crippen molar-refractivity contribution >= 4 is 6.03 Å². The maximum atomic E-state index is 12.2. The Morgan fingerprint density at radius 2 is 2.09 bits per heavy atom. The molecule has 1 aliphatic rings. The molecule has 4 nitrogen and oxygen atoms in total. The summed E-state index contributed by atoms with van der Waals surface area (Å²) in [5.74, 6) is 0.459. The highest BCUT2D eigenvalue weighted by Crippen LogP contribution is 2.26. The van der Waals surface area contributed by atoms with Crippen LogP contribution in [0.25, 0.3) is 0 Å². The van der Waals surface area contributed by atoms with Crippen molar-refractivity contribution < 1.29 is 9.90 Å². The summed E-state index contributed by atoms with van der Waals surface area (Å²) in [6.45, 7) is 6.57. The van der Waals surface area contributed by atoms with Gasteiger partial charge in [-0.3, -0.25) is 0 Å². The molecule has 1 aromatic carbocycles. The van der Waals surface area contributed by atoms with Gasteiger partial charge in [-0.05, 0) is 30.2 Å². The van der Waals surface area contributed by atoms with E-state index in [1.165, 1.54) is 5.56 Å². The number of amides is 2. The van der Waals surface area contributed by atoms with Crippen molar-refractivity contribution in [3.05, 3.63) is 35.9 Å².